The van der Waals surface area contributed by atoms with Gasteiger partial charge in [-0.05, 0) is 30.5 Å². The number of phenols is 1. The number of hydrogen-bond acceptors (Lipinski definition) is 5. The molecule has 26 heavy (non-hydrogen) atoms. The average molecular weight is 351 g/mol. The molecule has 2 aromatic rings. The molecule has 0 spiro atoms. The van der Waals surface area contributed by atoms with E-state index in [1.54, 1.807) is 32.4 Å². The number of phenolic OH excluding ortho intramolecular Hbond substituents is 1. The zero-order valence-electron chi connectivity index (χ0n) is 14.8. The molecular weight excluding hydrogens is 330 g/mol. The van der Waals surface area contributed by atoms with Gasteiger partial charge >= 0.3 is 0 Å². The number of ether oxygens (including phenoxy) is 2. The summed E-state index contributed by atoms with van der Waals surface area (Å²) in [5.41, 5.74) is 4.38. The number of ketones is 1. The van der Waals surface area contributed by atoms with E-state index in [0.717, 1.165) is 40.9 Å². The van der Waals surface area contributed by atoms with Crippen molar-refractivity contribution in [2.45, 2.75) is 25.2 Å². The maximum atomic E-state index is 12.8. The maximum Gasteiger partial charge on any atom is 0.161 e. The summed E-state index contributed by atoms with van der Waals surface area (Å²) in [4.78, 5) is 12.8. The minimum absolute atomic E-state index is 0.149. The molecule has 1 heterocycles. The SMILES string of the molecule is COc1cc2c(c(OC)c1)[C@@H](c1cccc(O)c1)C1=C(CCCC1=O)N2. The van der Waals surface area contributed by atoms with Crippen LogP contribution in [0.25, 0.3) is 0 Å². The van der Waals surface area contributed by atoms with E-state index < -0.39 is 0 Å². The van der Waals surface area contributed by atoms with E-state index in [2.05, 4.69) is 5.32 Å². The van der Waals surface area contributed by atoms with Gasteiger partial charge in [0, 0.05) is 47.0 Å². The zero-order chi connectivity index (χ0) is 18.3. The standard InChI is InChI=1S/C21H21NO4/c1-25-14-10-16-21(18(11-14)26-2)19(12-5-3-6-13(23)9-12)20-15(22-16)7-4-8-17(20)24/h3,5-6,9-11,19,22-23H,4,7-8H2,1-2H3/t19-/m0/s1. The Morgan fingerprint density at radius 3 is 2.69 bits per heavy atom. The van der Waals surface area contributed by atoms with Crippen molar-refractivity contribution >= 4 is 11.5 Å². The van der Waals surface area contributed by atoms with Crippen molar-refractivity contribution in [2.24, 2.45) is 0 Å². The first kappa shape index (κ1) is 16.5. The Hall–Kier alpha value is -2.95. The number of hydrogen-bond donors (Lipinski definition) is 2. The van der Waals surface area contributed by atoms with Crippen molar-refractivity contribution in [1.82, 2.24) is 0 Å². The van der Waals surface area contributed by atoms with Gasteiger partial charge in [0.2, 0.25) is 0 Å². The summed E-state index contributed by atoms with van der Waals surface area (Å²) in [6, 6.07) is 10.8. The zero-order valence-corrected chi connectivity index (χ0v) is 14.8. The van der Waals surface area contributed by atoms with Crippen LogP contribution in [0.3, 0.4) is 0 Å². The molecule has 0 unspecified atom stereocenters. The predicted molar refractivity (Wildman–Crippen MR) is 99.0 cm³/mol. The first-order valence-corrected chi connectivity index (χ1v) is 8.70. The Balaban J connectivity index is 1.99. The molecule has 2 aromatic carbocycles. The smallest absolute Gasteiger partial charge is 0.161 e. The Kier molecular flexibility index (Phi) is 4.07. The summed E-state index contributed by atoms with van der Waals surface area (Å²) in [6.45, 7) is 0. The fraction of sp³-hybridized carbons (Fsp3) is 0.286. The van der Waals surface area contributed by atoms with E-state index in [1.165, 1.54) is 0 Å². The molecule has 1 aliphatic heterocycles. The van der Waals surface area contributed by atoms with Crippen LogP contribution in [0.2, 0.25) is 0 Å². The van der Waals surface area contributed by atoms with Crippen molar-refractivity contribution in [3.63, 3.8) is 0 Å². The summed E-state index contributed by atoms with van der Waals surface area (Å²) in [6.07, 6.45) is 2.22. The summed E-state index contributed by atoms with van der Waals surface area (Å²) in [7, 11) is 3.23. The summed E-state index contributed by atoms with van der Waals surface area (Å²) in [5, 5.41) is 13.4. The molecular formula is C21H21NO4. The summed E-state index contributed by atoms with van der Waals surface area (Å²) < 4.78 is 11.0. The van der Waals surface area contributed by atoms with Crippen LogP contribution < -0.4 is 14.8 Å². The van der Waals surface area contributed by atoms with E-state index in [9.17, 15) is 9.90 Å². The van der Waals surface area contributed by atoms with Crippen molar-refractivity contribution < 1.29 is 19.4 Å². The van der Waals surface area contributed by atoms with Crippen LogP contribution in [0.5, 0.6) is 17.2 Å². The number of methoxy groups -OCH3 is 2. The van der Waals surface area contributed by atoms with Crippen LogP contribution in [0.15, 0.2) is 47.7 Å². The van der Waals surface area contributed by atoms with Crippen LogP contribution in [0, 0.1) is 0 Å². The lowest BCUT2D eigenvalue weighted by Gasteiger charge is -2.35. The number of aromatic hydroxyl groups is 1. The topological polar surface area (TPSA) is 67.8 Å². The van der Waals surface area contributed by atoms with Gasteiger partial charge in [-0.15, -0.1) is 0 Å². The van der Waals surface area contributed by atoms with E-state index in [0.29, 0.717) is 17.9 Å². The maximum absolute atomic E-state index is 12.8. The molecule has 1 atom stereocenters. The van der Waals surface area contributed by atoms with Gasteiger partial charge in [0.25, 0.3) is 0 Å². The fourth-order valence-corrected chi connectivity index (χ4v) is 3.96. The highest BCUT2D eigenvalue weighted by Crippen LogP contribution is 2.50. The molecule has 0 saturated carbocycles. The number of carbonyl (C=O) groups excluding carboxylic acids is 1. The first-order valence-electron chi connectivity index (χ1n) is 8.70. The van der Waals surface area contributed by atoms with Crippen LogP contribution in [0.4, 0.5) is 5.69 Å². The van der Waals surface area contributed by atoms with Crippen LogP contribution in [-0.2, 0) is 4.79 Å². The van der Waals surface area contributed by atoms with E-state index >= 15 is 0 Å². The summed E-state index contributed by atoms with van der Waals surface area (Å²) in [5.74, 6) is 1.40. The average Bonchev–Trinajstić information content (AvgIpc) is 2.65. The lowest BCUT2D eigenvalue weighted by atomic mass is 9.75. The second-order valence-electron chi connectivity index (χ2n) is 6.61. The van der Waals surface area contributed by atoms with Crippen molar-refractivity contribution in [3.8, 4) is 17.2 Å². The number of nitrogens with one attached hydrogen (secondary N) is 1. The van der Waals surface area contributed by atoms with Crippen LogP contribution >= 0.6 is 0 Å². The van der Waals surface area contributed by atoms with Gasteiger partial charge in [0.05, 0.1) is 14.2 Å². The molecule has 1 aliphatic carbocycles. The molecule has 0 radical (unpaired) electrons. The third kappa shape index (κ3) is 2.60. The molecule has 2 N–H and O–H groups in total. The van der Waals surface area contributed by atoms with Crippen LogP contribution in [-0.4, -0.2) is 25.1 Å². The van der Waals surface area contributed by atoms with Gasteiger partial charge < -0.3 is 19.9 Å². The number of anilines is 1. The van der Waals surface area contributed by atoms with Gasteiger partial charge in [-0.2, -0.15) is 0 Å². The van der Waals surface area contributed by atoms with Gasteiger partial charge in [0.1, 0.15) is 17.2 Å². The number of rotatable bonds is 3. The Labute approximate surface area is 152 Å². The number of allylic oxidation sites excluding steroid dienone is 2. The number of carbonyl (C=O) groups is 1. The molecule has 2 aliphatic rings. The minimum atomic E-state index is -0.276. The van der Waals surface area contributed by atoms with Gasteiger partial charge in [-0.25, -0.2) is 0 Å². The molecule has 5 heteroatoms. The minimum Gasteiger partial charge on any atom is -0.508 e. The molecule has 0 fully saturated rings. The van der Waals surface area contributed by atoms with E-state index in [-0.39, 0.29) is 17.5 Å². The highest BCUT2D eigenvalue weighted by molar-refractivity contribution is 6.01. The fourth-order valence-electron chi connectivity index (χ4n) is 3.96. The second kappa shape index (κ2) is 6.41. The molecule has 134 valence electrons. The molecule has 0 bridgehead atoms. The quantitative estimate of drug-likeness (QED) is 0.876. The number of Topliss-reactive ketones (excluding diaryl/α,β-unsaturated/α-hetero) is 1. The van der Waals surface area contributed by atoms with Gasteiger partial charge in [0.15, 0.2) is 5.78 Å². The van der Waals surface area contributed by atoms with Crippen molar-refractivity contribution in [2.75, 3.05) is 19.5 Å². The van der Waals surface area contributed by atoms with Gasteiger partial charge in [-0.1, -0.05) is 12.1 Å². The number of fused-ring (bicyclic) bond motifs is 1. The molecule has 0 aromatic heterocycles. The normalized spacial score (nSPS) is 18.7. The number of benzene rings is 2. The van der Waals surface area contributed by atoms with Gasteiger partial charge in [-0.3, -0.25) is 4.79 Å². The molecule has 5 nitrogen and oxygen atoms in total. The van der Waals surface area contributed by atoms with Crippen LogP contribution in [0.1, 0.15) is 36.3 Å². The molecule has 4 rings (SSSR count). The van der Waals surface area contributed by atoms with E-state index in [4.69, 9.17) is 9.47 Å². The lowest BCUT2D eigenvalue weighted by molar-refractivity contribution is -0.116. The highest BCUT2D eigenvalue weighted by Gasteiger charge is 2.37. The second-order valence-corrected chi connectivity index (χ2v) is 6.61. The van der Waals surface area contributed by atoms with Crippen molar-refractivity contribution in [1.29, 1.82) is 0 Å². The summed E-state index contributed by atoms with van der Waals surface area (Å²) >= 11 is 0. The Morgan fingerprint density at radius 2 is 1.96 bits per heavy atom. The first-order chi connectivity index (χ1) is 12.6. The molecule has 0 saturated heterocycles. The lowest BCUT2D eigenvalue weighted by Crippen LogP contribution is -2.27. The Bertz CT molecular complexity index is 916. The van der Waals surface area contributed by atoms with Crippen molar-refractivity contribution in [3.05, 3.63) is 58.8 Å². The monoisotopic (exact) mass is 351 g/mol. The largest absolute Gasteiger partial charge is 0.508 e. The third-order valence-electron chi connectivity index (χ3n) is 5.09. The predicted octanol–water partition coefficient (Wildman–Crippen LogP) is 3.97. The third-order valence-corrected chi connectivity index (χ3v) is 5.09. The Morgan fingerprint density at radius 1 is 1.12 bits per heavy atom. The highest BCUT2D eigenvalue weighted by atomic mass is 16.5. The molecule has 0 amide bonds. The van der Waals surface area contributed by atoms with E-state index in [1.807, 2.05) is 18.2 Å².